The molecule has 19 heavy (non-hydrogen) atoms. The summed E-state index contributed by atoms with van der Waals surface area (Å²) in [7, 11) is 0. The maximum absolute atomic E-state index is 11.4. The largest absolute Gasteiger partial charge is 0.491 e. The van der Waals surface area contributed by atoms with E-state index in [4.69, 9.17) is 10.5 Å². The molecule has 2 amide bonds. The summed E-state index contributed by atoms with van der Waals surface area (Å²) >= 11 is 0. The van der Waals surface area contributed by atoms with Crippen LogP contribution in [0.3, 0.4) is 0 Å². The number of rotatable bonds is 5. The summed E-state index contributed by atoms with van der Waals surface area (Å²) in [6.07, 6.45) is 0. The number of ether oxygens (including phenoxy) is 1. The van der Waals surface area contributed by atoms with Gasteiger partial charge in [-0.15, -0.1) is 0 Å². The first-order valence-electron chi connectivity index (χ1n) is 6.59. The molecule has 1 aliphatic heterocycles. The zero-order chi connectivity index (χ0) is 13.8. The minimum atomic E-state index is -0.0648. The summed E-state index contributed by atoms with van der Waals surface area (Å²) in [4.78, 5) is 13.1. The molecule has 5 heteroatoms. The van der Waals surface area contributed by atoms with Crippen LogP contribution in [0.1, 0.15) is 24.1 Å². The third kappa shape index (κ3) is 3.38. The highest BCUT2D eigenvalue weighted by molar-refractivity contribution is 5.76. The molecule has 0 unspecified atom stereocenters. The van der Waals surface area contributed by atoms with Crippen molar-refractivity contribution in [2.75, 3.05) is 26.2 Å². The van der Waals surface area contributed by atoms with Gasteiger partial charge in [0.05, 0.1) is 6.54 Å². The van der Waals surface area contributed by atoms with Gasteiger partial charge in [0.2, 0.25) is 0 Å². The molecule has 1 saturated heterocycles. The average molecular weight is 263 g/mol. The lowest BCUT2D eigenvalue weighted by molar-refractivity contribution is 0.202. The van der Waals surface area contributed by atoms with Crippen LogP contribution in [0.15, 0.2) is 18.2 Å². The van der Waals surface area contributed by atoms with Crippen molar-refractivity contribution in [3.05, 3.63) is 29.3 Å². The Bertz CT molecular complexity index is 460. The minimum absolute atomic E-state index is 0.0140. The van der Waals surface area contributed by atoms with E-state index in [1.165, 1.54) is 5.56 Å². The van der Waals surface area contributed by atoms with E-state index in [0.29, 0.717) is 19.7 Å². The van der Waals surface area contributed by atoms with Crippen LogP contribution in [0.4, 0.5) is 4.79 Å². The summed E-state index contributed by atoms with van der Waals surface area (Å²) in [6.45, 7) is 6.51. The summed E-state index contributed by atoms with van der Waals surface area (Å²) < 4.78 is 5.76. The number of benzene rings is 1. The summed E-state index contributed by atoms with van der Waals surface area (Å²) in [5, 5.41) is 2.77. The molecule has 0 saturated carbocycles. The highest BCUT2D eigenvalue weighted by Gasteiger charge is 2.19. The monoisotopic (exact) mass is 263 g/mol. The molecule has 5 nitrogen and oxygen atoms in total. The van der Waals surface area contributed by atoms with Crippen LogP contribution in [0.25, 0.3) is 0 Å². The van der Waals surface area contributed by atoms with Gasteiger partial charge in [-0.05, 0) is 19.9 Å². The second kappa shape index (κ2) is 5.93. The van der Waals surface area contributed by atoms with Crippen LogP contribution in [0, 0.1) is 6.92 Å². The van der Waals surface area contributed by atoms with Gasteiger partial charge in [0.25, 0.3) is 0 Å². The topological polar surface area (TPSA) is 67.6 Å². The van der Waals surface area contributed by atoms with Crippen LogP contribution in [-0.2, 0) is 0 Å². The summed E-state index contributed by atoms with van der Waals surface area (Å²) in [6, 6.07) is 5.91. The average Bonchev–Trinajstić information content (AvgIpc) is 2.77. The molecule has 1 aromatic carbocycles. The molecule has 0 aromatic heterocycles. The number of hydrogen-bond donors (Lipinski definition) is 2. The highest BCUT2D eigenvalue weighted by atomic mass is 16.5. The van der Waals surface area contributed by atoms with E-state index in [0.717, 1.165) is 17.9 Å². The Hall–Kier alpha value is -1.75. The van der Waals surface area contributed by atoms with Crippen LogP contribution in [-0.4, -0.2) is 37.2 Å². The van der Waals surface area contributed by atoms with E-state index in [2.05, 4.69) is 5.32 Å². The highest BCUT2D eigenvalue weighted by Crippen LogP contribution is 2.24. The van der Waals surface area contributed by atoms with Crippen LogP contribution >= 0.6 is 0 Å². The number of carbonyl (C=O) groups is 1. The molecule has 1 heterocycles. The number of amides is 2. The van der Waals surface area contributed by atoms with Crippen molar-refractivity contribution in [1.82, 2.24) is 10.2 Å². The Morgan fingerprint density at radius 2 is 2.32 bits per heavy atom. The molecule has 1 atom stereocenters. The number of nitrogens with zero attached hydrogens (tertiary/aromatic N) is 1. The third-order valence-electron chi connectivity index (χ3n) is 3.22. The fraction of sp³-hybridized carbons (Fsp3) is 0.500. The van der Waals surface area contributed by atoms with Crippen LogP contribution in [0.5, 0.6) is 5.75 Å². The molecule has 0 spiro atoms. The van der Waals surface area contributed by atoms with Gasteiger partial charge in [0, 0.05) is 24.7 Å². The first-order valence-corrected chi connectivity index (χ1v) is 6.59. The van der Waals surface area contributed by atoms with E-state index in [-0.39, 0.29) is 12.1 Å². The predicted molar refractivity (Wildman–Crippen MR) is 74.2 cm³/mol. The molecule has 2 rings (SSSR count). The van der Waals surface area contributed by atoms with E-state index in [9.17, 15) is 4.79 Å². The van der Waals surface area contributed by atoms with Crippen molar-refractivity contribution in [3.63, 3.8) is 0 Å². The molecule has 3 N–H and O–H groups in total. The standard InChI is InChI=1S/C14H21N3O2/c1-10-3-4-13(12(9-10)11(2)15)19-8-7-17-6-5-16-14(17)18/h3-4,9,11H,5-8,15H2,1-2H3,(H,16,18)/t11-/m1/s1. The minimum Gasteiger partial charge on any atom is -0.491 e. The van der Waals surface area contributed by atoms with E-state index in [1.807, 2.05) is 32.0 Å². The molecule has 104 valence electrons. The first kappa shape index (κ1) is 13.7. The van der Waals surface area contributed by atoms with Gasteiger partial charge in [-0.3, -0.25) is 0 Å². The number of aryl methyl sites for hydroxylation is 1. The molecule has 0 bridgehead atoms. The Labute approximate surface area is 113 Å². The van der Waals surface area contributed by atoms with Crippen LogP contribution < -0.4 is 15.8 Å². The fourth-order valence-electron chi connectivity index (χ4n) is 2.15. The van der Waals surface area contributed by atoms with Gasteiger partial charge in [-0.1, -0.05) is 17.7 Å². The number of nitrogens with one attached hydrogen (secondary N) is 1. The van der Waals surface area contributed by atoms with E-state index < -0.39 is 0 Å². The molecule has 1 fully saturated rings. The fourth-order valence-corrected chi connectivity index (χ4v) is 2.15. The third-order valence-corrected chi connectivity index (χ3v) is 3.22. The normalized spacial score (nSPS) is 16.4. The molecular weight excluding hydrogens is 242 g/mol. The molecule has 0 radical (unpaired) electrons. The zero-order valence-electron chi connectivity index (χ0n) is 11.5. The van der Waals surface area contributed by atoms with Crippen molar-refractivity contribution >= 4 is 6.03 Å². The van der Waals surface area contributed by atoms with Crippen molar-refractivity contribution in [3.8, 4) is 5.75 Å². The van der Waals surface area contributed by atoms with Crippen molar-refractivity contribution < 1.29 is 9.53 Å². The van der Waals surface area contributed by atoms with Gasteiger partial charge in [0.1, 0.15) is 12.4 Å². The van der Waals surface area contributed by atoms with E-state index in [1.54, 1.807) is 4.90 Å². The maximum Gasteiger partial charge on any atom is 0.317 e. The number of hydrogen-bond acceptors (Lipinski definition) is 3. The quantitative estimate of drug-likeness (QED) is 0.844. The molecule has 1 aliphatic rings. The zero-order valence-corrected chi connectivity index (χ0v) is 11.5. The SMILES string of the molecule is Cc1ccc(OCCN2CCNC2=O)c([C@@H](C)N)c1. The molecular formula is C14H21N3O2. The Balaban J connectivity index is 1.93. The Morgan fingerprint density at radius 3 is 2.95 bits per heavy atom. The Morgan fingerprint density at radius 1 is 1.53 bits per heavy atom. The molecule has 0 aliphatic carbocycles. The Kier molecular flexibility index (Phi) is 4.27. The lowest BCUT2D eigenvalue weighted by Crippen LogP contribution is -2.32. The van der Waals surface area contributed by atoms with Crippen molar-refractivity contribution in [1.29, 1.82) is 0 Å². The number of nitrogens with two attached hydrogens (primary N) is 1. The van der Waals surface area contributed by atoms with Crippen molar-refractivity contribution in [2.45, 2.75) is 19.9 Å². The lowest BCUT2D eigenvalue weighted by Gasteiger charge is -2.17. The lowest BCUT2D eigenvalue weighted by atomic mass is 10.1. The van der Waals surface area contributed by atoms with Gasteiger partial charge in [-0.25, -0.2) is 4.79 Å². The maximum atomic E-state index is 11.4. The first-order chi connectivity index (χ1) is 9.08. The van der Waals surface area contributed by atoms with Crippen molar-refractivity contribution in [2.24, 2.45) is 5.73 Å². The number of carbonyl (C=O) groups excluding carboxylic acids is 1. The smallest absolute Gasteiger partial charge is 0.317 e. The van der Waals surface area contributed by atoms with Gasteiger partial charge >= 0.3 is 6.03 Å². The molecule has 1 aromatic rings. The van der Waals surface area contributed by atoms with E-state index >= 15 is 0 Å². The summed E-state index contributed by atoms with van der Waals surface area (Å²) in [5.74, 6) is 0.806. The summed E-state index contributed by atoms with van der Waals surface area (Å²) in [5.41, 5.74) is 8.12. The van der Waals surface area contributed by atoms with Gasteiger partial charge in [0.15, 0.2) is 0 Å². The predicted octanol–water partition coefficient (Wildman–Crippen LogP) is 1.42. The second-order valence-electron chi connectivity index (χ2n) is 4.90. The van der Waals surface area contributed by atoms with Gasteiger partial charge in [-0.2, -0.15) is 0 Å². The van der Waals surface area contributed by atoms with Crippen LogP contribution in [0.2, 0.25) is 0 Å². The second-order valence-corrected chi connectivity index (χ2v) is 4.90. The number of urea groups is 1. The van der Waals surface area contributed by atoms with Gasteiger partial charge < -0.3 is 20.7 Å².